The monoisotopic (exact) mass is 227 g/mol. The molecule has 0 fully saturated rings. The van der Waals surface area contributed by atoms with Gasteiger partial charge in [0.25, 0.3) is 0 Å². The van der Waals surface area contributed by atoms with Crippen LogP contribution in [-0.2, 0) is 4.79 Å². The van der Waals surface area contributed by atoms with Crippen molar-refractivity contribution in [2.75, 3.05) is 16.8 Å². The van der Waals surface area contributed by atoms with Crippen molar-refractivity contribution in [3.8, 4) is 0 Å². The Morgan fingerprint density at radius 1 is 1.67 bits per heavy atom. The summed E-state index contributed by atoms with van der Waals surface area (Å²) >= 11 is 1.66. The normalized spacial score (nSPS) is 10.3. The standard InChI is InChI=1S/C10H17N3OS/c1-3-4-5-15-7-10(14)11-9-6-8(2)12-13-9/h6H,3-5,7H2,1-2H3,(H2,11,12,13,14). The molecule has 1 rings (SSSR count). The van der Waals surface area contributed by atoms with E-state index in [0.717, 1.165) is 11.4 Å². The van der Waals surface area contributed by atoms with Crippen molar-refractivity contribution in [1.82, 2.24) is 10.2 Å². The van der Waals surface area contributed by atoms with Crippen LogP contribution in [0.2, 0.25) is 0 Å². The first kappa shape index (κ1) is 12.1. The zero-order valence-electron chi connectivity index (χ0n) is 9.17. The van der Waals surface area contributed by atoms with Gasteiger partial charge in [-0.25, -0.2) is 0 Å². The van der Waals surface area contributed by atoms with Gasteiger partial charge in [-0.1, -0.05) is 13.3 Å². The summed E-state index contributed by atoms with van der Waals surface area (Å²) in [4.78, 5) is 11.4. The maximum atomic E-state index is 11.4. The summed E-state index contributed by atoms with van der Waals surface area (Å²) in [7, 11) is 0. The number of aryl methyl sites for hydroxylation is 1. The van der Waals surface area contributed by atoms with Gasteiger partial charge in [-0.2, -0.15) is 16.9 Å². The molecule has 0 spiro atoms. The zero-order chi connectivity index (χ0) is 11.1. The first-order valence-electron chi connectivity index (χ1n) is 5.12. The molecule has 0 saturated carbocycles. The van der Waals surface area contributed by atoms with Crippen LogP contribution in [0.4, 0.5) is 5.82 Å². The lowest BCUT2D eigenvalue weighted by Crippen LogP contribution is -2.14. The zero-order valence-corrected chi connectivity index (χ0v) is 9.99. The van der Waals surface area contributed by atoms with Gasteiger partial charge in [0, 0.05) is 11.8 Å². The molecule has 0 aliphatic carbocycles. The van der Waals surface area contributed by atoms with E-state index < -0.39 is 0 Å². The van der Waals surface area contributed by atoms with Crippen LogP contribution in [0, 0.1) is 6.92 Å². The Hall–Kier alpha value is -0.970. The van der Waals surface area contributed by atoms with Crippen molar-refractivity contribution in [2.45, 2.75) is 26.7 Å². The first-order valence-corrected chi connectivity index (χ1v) is 6.27. The highest BCUT2D eigenvalue weighted by molar-refractivity contribution is 7.99. The predicted molar refractivity (Wildman–Crippen MR) is 64.2 cm³/mol. The van der Waals surface area contributed by atoms with Crippen LogP contribution in [0.15, 0.2) is 6.07 Å². The van der Waals surface area contributed by atoms with Crippen LogP contribution in [0.3, 0.4) is 0 Å². The molecule has 0 aliphatic rings. The van der Waals surface area contributed by atoms with Gasteiger partial charge in [-0.3, -0.25) is 9.89 Å². The van der Waals surface area contributed by atoms with Crippen LogP contribution >= 0.6 is 11.8 Å². The third-order valence-corrected chi connectivity index (χ3v) is 2.89. The second kappa shape index (κ2) is 6.50. The fraction of sp³-hybridized carbons (Fsp3) is 0.600. The number of H-pyrrole nitrogens is 1. The van der Waals surface area contributed by atoms with E-state index in [1.54, 1.807) is 11.8 Å². The minimum atomic E-state index is 0.0163. The van der Waals surface area contributed by atoms with E-state index in [0.29, 0.717) is 11.6 Å². The van der Waals surface area contributed by atoms with Crippen LogP contribution in [0.5, 0.6) is 0 Å². The maximum absolute atomic E-state index is 11.4. The molecule has 0 saturated heterocycles. The first-order chi connectivity index (χ1) is 7.22. The number of thioether (sulfide) groups is 1. The van der Waals surface area contributed by atoms with Crippen molar-refractivity contribution < 1.29 is 4.79 Å². The van der Waals surface area contributed by atoms with Crippen molar-refractivity contribution in [1.29, 1.82) is 0 Å². The molecular weight excluding hydrogens is 210 g/mol. The number of anilines is 1. The van der Waals surface area contributed by atoms with E-state index >= 15 is 0 Å². The minimum absolute atomic E-state index is 0.0163. The summed E-state index contributed by atoms with van der Waals surface area (Å²) in [5.41, 5.74) is 0.948. The van der Waals surface area contributed by atoms with E-state index in [1.165, 1.54) is 12.8 Å². The lowest BCUT2D eigenvalue weighted by Gasteiger charge is -2.00. The molecule has 0 radical (unpaired) electrons. The average molecular weight is 227 g/mol. The van der Waals surface area contributed by atoms with Gasteiger partial charge in [0.15, 0.2) is 5.82 Å². The third-order valence-electron chi connectivity index (χ3n) is 1.85. The Kier molecular flexibility index (Phi) is 5.25. The number of hydrogen-bond donors (Lipinski definition) is 2. The fourth-order valence-electron chi connectivity index (χ4n) is 1.07. The number of hydrogen-bond acceptors (Lipinski definition) is 3. The molecule has 1 amide bonds. The van der Waals surface area contributed by atoms with Gasteiger partial charge in [0.05, 0.1) is 5.75 Å². The minimum Gasteiger partial charge on any atom is -0.308 e. The van der Waals surface area contributed by atoms with Gasteiger partial charge < -0.3 is 5.32 Å². The molecule has 15 heavy (non-hydrogen) atoms. The number of aromatic nitrogens is 2. The van der Waals surface area contributed by atoms with Crippen molar-refractivity contribution in [3.05, 3.63) is 11.8 Å². The SMILES string of the molecule is CCCCSCC(=O)Nc1cc(C)[nH]n1. The molecule has 1 aromatic heterocycles. The molecule has 5 heteroatoms. The molecule has 1 heterocycles. The van der Waals surface area contributed by atoms with Gasteiger partial charge >= 0.3 is 0 Å². The van der Waals surface area contributed by atoms with E-state index in [4.69, 9.17) is 0 Å². The second-order valence-corrected chi connectivity index (χ2v) is 4.50. The molecule has 84 valence electrons. The smallest absolute Gasteiger partial charge is 0.235 e. The molecule has 0 atom stereocenters. The molecule has 2 N–H and O–H groups in total. The van der Waals surface area contributed by atoms with E-state index in [1.807, 2.05) is 13.0 Å². The van der Waals surface area contributed by atoms with Gasteiger partial charge in [0.1, 0.15) is 0 Å². The number of nitrogens with zero attached hydrogens (tertiary/aromatic N) is 1. The van der Waals surface area contributed by atoms with E-state index in [9.17, 15) is 4.79 Å². The Morgan fingerprint density at radius 3 is 3.07 bits per heavy atom. The summed E-state index contributed by atoms with van der Waals surface area (Å²) in [5, 5.41) is 9.45. The van der Waals surface area contributed by atoms with Gasteiger partial charge in [-0.15, -0.1) is 0 Å². The predicted octanol–water partition coefficient (Wildman–Crippen LogP) is 2.19. The average Bonchev–Trinajstić information content (AvgIpc) is 2.59. The molecule has 0 aliphatic heterocycles. The van der Waals surface area contributed by atoms with Crippen LogP contribution in [0.25, 0.3) is 0 Å². The van der Waals surface area contributed by atoms with Crippen molar-refractivity contribution in [2.24, 2.45) is 0 Å². The quantitative estimate of drug-likeness (QED) is 0.732. The van der Waals surface area contributed by atoms with Crippen molar-refractivity contribution >= 4 is 23.5 Å². The molecule has 0 unspecified atom stereocenters. The number of nitrogens with one attached hydrogen (secondary N) is 2. The Bertz CT molecular complexity index is 311. The van der Waals surface area contributed by atoms with Crippen molar-refractivity contribution in [3.63, 3.8) is 0 Å². The largest absolute Gasteiger partial charge is 0.308 e. The number of carbonyl (C=O) groups excluding carboxylic acids is 1. The number of amides is 1. The topological polar surface area (TPSA) is 57.8 Å². The highest BCUT2D eigenvalue weighted by Crippen LogP contribution is 2.07. The maximum Gasteiger partial charge on any atom is 0.235 e. The Labute approximate surface area is 94.2 Å². The highest BCUT2D eigenvalue weighted by Gasteiger charge is 2.04. The van der Waals surface area contributed by atoms with E-state index in [2.05, 4.69) is 22.4 Å². The summed E-state index contributed by atoms with van der Waals surface area (Å²) in [6, 6.07) is 1.81. The summed E-state index contributed by atoms with van der Waals surface area (Å²) in [5.74, 6) is 2.17. The second-order valence-electron chi connectivity index (χ2n) is 3.39. The summed E-state index contributed by atoms with van der Waals surface area (Å²) < 4.78 is 0. The molecular formula is C10H17N3OS. The fourth-order valence-corrected chi connectivity index (χ4v) is 1.97. The number of aromatic amines is 1. The van der Waals surface area contributed by atoms with Gasteiger partial charge in [0.2, 0.25) is 5.91 Å². The number of unbranched alkanes of at least 4 members (excludes halogenated alkanes) is 1. The van der Waals surface area contributed by atoms with Gasteiger partial charge in [-0.05, 0) is 19.1 Å². The summed E-state index contributed by atoms with van der Waals surface area (Å²) in [6.07, 6.45) is 2.34. The Balaban J connectivity index is 2.18. The summed E-state index contributed by atoms with van der Waals surface area (Å²) in [6.45, 7) is 4.05. The number of rotatable bonds is 6. The Morgan fingerprint density at radius 2 is 2.47 bits per heavy atom. The third kappa shape index (κ3) is 4.88. The lowest BCUT2D eigenvalue weighted by atomic mass is 10.4. The molecule has 0 aromatic carbocycles. The molecule has 1 aromatic rings. The molecule has 4 nitrogen and oxygen atoms in total. The van der Waals surface area contributed by atoms with Crippen LogP contribution in [0.1, 0.15) is 25.5 Å². The molecule has 0 bridgehead atoms. The van der Waals surface area contributed by atoms with Crippen LogP contribution < -0.4 is 5.32 Å². The van der Waals surface area contributed by atoms with E-state index in [-0.39, 0.29) is 5.91 Å². The lowest BCUT2D eigenvalue weighted by molar-refractivity contribution is -0.113. The number of carbonyl (C=O) groups is 1. The highest BCUT2D eigenvalue weighted by atomic mass is 32.2. The van der Waals surface area contributed by atoms with Crippen LogP contribution in [-0.4, -0.2) is 27.6 Å².